The number of hydrogen-bond acceptors (Lipinski definition) is 4. The van der Waals surface area contributed by atoms with Gasteiger partial charge in [0.2, 0.25) is 5.88 Å². The number of nitrogens with zero attached hydrogens (tertiary/aromatic N) is 3. The highest BCUT2D eigenvalue weighted by atomic mass is 19.1. The third-order valence-corrected chi connectivity index (χ3v) is 4.79. The minimum absolute atomic E-state index is 0.266. The standard InChI is InChI=1S/C19H21FN4O/c20-14-8-4-5-9-15(14)24-16-10-11-22-19(17(16)18(21)23-24)25-12-13-6-2-1-3-7-13/h1-3,6-7,10-11,14-15H,4-5,8-9,12H2,(H2,21,23)/t14-,15+/m1/s1. The van der Waals surface area contributed by atoms with Gasteiger partial charge in [0.15, 0.2) is 5.82 Å². The van der Waals surface area contributed by atoms with Crippen LogP contribution in [0.4, 0.5) is 10.2 Å². The first-order chi connectivity index (χ1) is 12.2. The van der Waals surface area contributed by atoms with Gasteiger partial charge in [-0.1, -0.05) is 43.2 Å². The van der Waals surface area contributed by atoms with Crippen LogP contribution >= 0.6 is 0 Å². The molecule has 1 fully saturated rings. The summed E-state index contributed by atoms with van der Waals surface area (Å²) in [6, 6.07) is 11.4. The second kappa shape index (κ2) is 6.70. The molecule has 3 aromatic rings. The molecule has 6 heteroatoms. The Morgan fingerprint density at radius 3 is 2.76 bits per heavy atom. The molecule has 0 amide bonds. The molecule has 25 heavy (non-hydrogen) atoms. The Morgan fingerprint density at radius 2 is 1.96 bits per heavy atom. The molecule has 1 aromatic carbocycles. The topological polar surface area (TPSA) is 66.0 Å². The lowest BCUT2D eigenvalue weighted by Gasteiger charge is -2.26. The lowest BCUT2D eigenvalue weighted by molar-refractivity contribution is 0.163. The fourth-order valence-corrected chi connectivity index (χ4v) is 3.51. The summed E-state index contributed by atoms with van der Waals surface area (Å²) in [5.41, 5.74) is 7.95. The Bertz CT molecular complexity index is 864. The zero-order valence-electron chi connectivity index (χ0n) is 13.9. The van der Waals surface area contributed by atoms with E-state index < -0.39 is 6.17 Å². The maximum absolute atomic E-state index is 14.4. The SMILES string of the molecule is Nc1nn([C@H]2CCCC[C@H]2F)c2ccnc(OCc3ccccc3)c12. The number of rotatable bonds is 4. The molecule has 2 atom stereocenters. The van der Waals surface area contributed by atoms with E-state index in [1.807, 2.05) is 36.4 Å². The maximum atomic E-state index is 14.4. The number of ether oxygens (including phenoxy) is 1. The third kappa shape index (κ3) is 3.04. The van der Waals surface area contributed by atoms with Gasteiger partial charge < -0.3 is 10.5 Å². The highest BCUT2D eigenvalue weighted by Crippen LogP contribution is 2.36. The summed E-state index contributed by atoms with van der Waals surface area (Å²) in [5, 5.41) is 5.08. The lowest BCUT2D eigenvalue weighted by atomic mass is 9.93. The van der Waals surface area contributed by atoms with Crippen molar-refractivity contribution in [3.05, 3.63) is 48.2 Å². The summed E-state index contributed by atoms with van der Waals surface area (Å²) in [4.78, 5) is 4.31. The molecule has 130 valence electrons. The van der Waals surface area contributed by atoms with Crippen LogP contribution in [-0.2, 0) is 6.61 Å². The molecule has 0 saturated heterocycles. The summed E-state index contributed by atoms with van der Waals surface area (Å²) >= 11 is 0. The van der Waals surface area contributed by atoms with Crippen LogP contribution in [0.5, 0.6) is 5.88 Å². The molecule has 1 aliphatic carbocycles. The molecule has 0 aliphatic heterocycles. The minimum Gasteiger partial charge on any atom is -0.472 e. The summed E-state index contributed by atoms with van der Waals surface area (Å²) in [6.45, 7) is 0.396. The Labute approximate surface area is 145 Å². The Morgan fingerprint density at radius 1 is 1.16 bits per heavy atom. The van der Waals surface area contributed by atoms with Crippen LogP contribution in [0.25, 0.3) is 10.9 Å². The number of nitrogens with two attached hydrogens (primary N) is 1. The van der Waals surface area contributed by atoms with E-state index in [1.54, 1.807) is 10.9 Å². The molecule has 1 aliphatic rings. The maximum Gasteiger partial charge on any atom is 0.227 e. The molecule has 0 spiro atoms. The molecule has 2 aromatic heterocycles. The molecule has 1 saturated carbocycles. The van der Waals surface area contributed by atoms with E-state index in [0.29, 0.717) is 30.1 Å². The Hall–Kier alpha value is -2.63. The van der Waals surface area contributed by atoms with Crippen molar-refractivity contribution in [3.63, 3.8) is 0 Å². The fourth-order valence-electron chi connectivity index (χ4n) is 3.51. The smallest absolute Gasteiger partial charge is 0.227 e. The second-order valence-corrected chi connectivity index (χ2v) is 6.48. The first-order valence-electron chi connectivity index (χ1n) is 8.67. The summed E-state index contributed by atoms with van der Waals surface area (Å²) in [5.74, 6) is 0.778. The molecular formula is C19H21FN4O. The third-order valence-electron chi connectivity index (χ3n) is 4.79. The van der Waals surface area contributed by atoms with Gasteiger partial charge in [0, 0.05) is 6.20 Å². The summed E-state index contributed by atoms with van der Waals surface area (Å²) < 4.78 is 22.0. The number of halogens is 1. The van der Waals surface area contributed by atoms with Gasteiger partial charge in [-0.3, -0.25) is 4.68 Å². The molecule has 0 bridgehead atoms. The number of alkyl halides is 1. The van der Waals surface area contributed by atoms with Crippen LogP contribution in [0.15, 0.2) is 42.6 Å². The van der Waals surface area contributed by atoms with Crippen molar-refractivity contribution < 1.29 is 9.13 Å². The summed E-state index contributed by atoms with van der Waals surface area (Å²) in [6.07, 6.45) is 4.07. The molecule has 2 N–H and O–H groups in total. The minimum atomic E-state index is -0.891. The number of aromatic nitrogens is 3. The van der Waals surface area contributed by atoms with E-state index >= 15 is 0 Å². The van der Waals surface area contributed by atoms with Crippen molar-refractivity contribution in [2.75, 3.05) is 5.73 Å². The Kier molecular flexibility index (Phi) is 4.26. The largest absolute Gasteiger partial charge is 0.472 e. The van der Waals surface area contributed by atoms with Crippen molar-refractivity contribution in [2.24, 2.45) is 0 Å². The van der Waals surface area contributed by atoms with Crippen molar-refractivity contribution >= 4 is 16.7 Å². The molecule has 4 rings (SSSR count). The van der Waals surface area contributed by atoms with Gasteiger partial charge in [0.1, 0.15) is 18.2 Å². The van der Waals surface area contributed by atoms with E-state index in [2.05, 4.69) is 10.1 Å². The lowest BCUT2D eigenvalue weighted by Crippen LogP contribution is -2.25. The number of pyridine rings is 1. The quantitative estimate of drug-likeness (QED) is 0.778. The predicted molar refractivity (Wildman–Crippen MR) is 95.1 cm³/mol. The van der Waals surface area contributed by atoms with Crippen LogP contribution in [0.2, 0.25) is 0 Å². The average Bonchev–Trinajstić information content (AvgIpc) is 2.99. The number of benzene rings is 1. The zero-order chi connectivity index (χ0) is 17.2. The van der Waals surface area contributed by atoms with E-state index in [4.69, 9.17) is 10.5 Å². The van der Waals surface area contributed by atoms with Gasteiger partial charge in [-0.25, -0.2) is 9.37 Å². The Balaban J connectivity index is 1.67. The van der Waals surface area contributed by atoms with Gasteiger partial charge in [-0.05, 0) is 24.5 Å². The normalized spacial score (nSPS) is 20.7. The predicted octanol–water partition coefficient (Wildman–Crippen LogP) is 4.05. The molecule has 0 radical (unpaired) electrons. The van der Waals surface area contributed by atoms with Gasteiger partial charge in [-0.15, -0.1) is 0 Å². The van der Waals surface area contributed by atoms with Crippen molar-refractivity contribution in [3.8, 4) is 5.88 Å². The van der Waals surface area contributed by atoms with Gasteiger partial charge in [0.25, 0.3) is 0 Å². The fraction of sp³-hybridized carbons (Fsp3) is 0.368. The van der Waals surface area contributed by atoms with Crippen LogP contribution in [0.1, 0.15) is 37.3 Å². The summed E-state index contributed by atoms with van der Waals surface area (Å²) in [7, 11) is 0. The number of nitrogen functional groups attached to an aromatic ring is 1. The van der Waals surface area contributed by atoms with Gasteiger partial charge in [-0.2, -0.15) is 5.10 Å². The zero-order valence-corrected chi connectivity index (χ0v) is 13.9. The van der Waals surface area contributed by atoms with E-state index in [9.17, 15) is 4.39 Å². The van der Waals surface area contributed by atoms with Crippen LogP contribution in [-0.4, -0.2) is 20.9 Å². The van der Waals surface area contributed by atoms with Crippen molar-refractivity contribution in [1.29, 1.82) is 0 Å². The number of fused-ring (bicyclic) bond motifs is 1. The van der Waals surface area contributed by atoms with Crippen molar-refractivity contribution in [2.45, 2.75) is 44.5 Å². The first kappa shape index (κ1) is 15.9. The van der Waals surface area contributed by atoms with E-state index in [-0.39, 0.29) is 6.04 Å². The van der Waals surface area contributed by atoms with E-state index in [1.165, 1.54) is 0 Å². The highest BCUT2D eigenvalue weighted by molar-refractivity contribution is 5.93. The number of hydrogen-bond donors (Lipinski definition) is 1. The van der Waals surface area contributed by atoms with E-state index in [0.717, 1.165) is 30.3 Å². The van der Waals surface area contributed by atoms with Gasteiger partial charge in [0.05, 0.1) is 11.6 Å². The van der Waals surface area contributed by atoms with Crippen LogP contribution in [0, 0.1) is 0 Å². The number of anilines is 1. The first-order valence-corrected chi connectivity index (χ1v) is 8.67. The molecule has 0 unspecified atom stereocenters. The molecular weight excluding hydrogens is 319 g/mol. The molecule has 2 heterocycles. The van der Waals surface area contributed by atoms with Crippen molar-refractivity contribution in [1.82, 2.24) is 14.8 Å². The van der Waals surface area contributed by atoms with Crippen LogP contribution < -0.4 is 10.5 Å². The highest BCUT2D eigenvalue weighted by Gasteiger charge is 2.29. The van der Waals surface area contributed by atoms with Gasteiger partial charge >= 0.3 is 0 Å². The van der Waals surface area contributed by atoms with Crippen LogP contribution in [0.3, 0.4) is 0 Å². The second-order valence-electron chi connectivity index (χ2n) is 6.48. The monoisotopic (exact) mass is 340 g/mol. The average molecular weight is 340 g/mol. The molecule has 5 nitrogen and oxygen atoms in total.